The molecule has 0 aliphatic carbocycles. The first kappa shape index (κ1) is 36.8. The second-order valence-corrected chi connectivity index (χ2v) is 19.5. The molecule has 9 aromatic rings. The van der Waals surface area contributed by atoms with Gasteiger partial charge >= 0.3 is 11.7 Å². The summed E-state index contributed by atoms with van der Waals surface area (Å²) in [4.78, 5) is 0. The van der Waals surface area contributed by atoms with Crippen molar-refractivity contribution >= 4 is 11.0 Å². The standard InChI is InChI=1S/C58H49N3O/c1-36-31-51(46(38-19-12-9-13-20-38)35-45(36)39-25-27-41(28-26-39)56(2,3)4)60-49-23-16-22-43-47-33-42(57(5,6)7)34-48-50-32-40(37-17-10-8-11-18-37)29-30-59(50)58(53(47)48)61(54(43)49)55(60)44-21-14-15-24-52(44)62-58/h8-35H,1-7H3/q+2. The van der Waals surface area contributed by atoms with E-state index in [4.69, 9.17) is 4.74 Å². The van der Waals surface area contributed by atoms with Gasteiger partial charge in [-0.05, 0) is 111 Å². The van der Waals surface area contributed by atoms with Crippen LogP contribution in [-0.2, 0) is 16.7 Å². The molecule has 12 rings (SSSR count). The van der Waals surface area contributed by atoms with Crippen LogP contribution in [0.25, 0.3) is 83.9 Å². The number of pyridine rings is 1. The lowest BCUT2D eigenvalue weighted by molar-refractivity contribution is -0.997. The molecule has 0 saturated heterocycles. The summed E-state index contributed by atoms with van der Waals surface area (Å²) in [7, 11) is 0. The Bertz CT molecular complexity index is 3330. The Labute approximate surface area is 364 Å². The van der Waals surface area contributed by atoms with Crippen LogP contribution in [0, 0.1) is 6.92 Å². The molecule has 3 aliphatic heterocycles. The summed E-state index contributed by atoms with van der Waals surface area (Å²) < 4.78 is 15.2. The Hall–Kier alpha value is -7.04. The maximum absolute atomic E-state index is 7.68. The van der Waals surface area contributed by atoms with Gasteiger partial charge in [-0.1, -0.05) is 145 Å². The van der Waals surface area contributed by atoms with Crippen molar-refractivity contribution in [3.8, 4) is 78.6 Å². The SMILES string of the molecule is Cc1cc(-n2c3[n+]4c5c(cccc52)-c2cc(C(C)(C)C)cc5c2C4(Oc2ccccc2-3)[n+]2ccc(-c3ccccc3)cc2-5)c(-c2ccccc2)cc1-c1ccc(C(C)(C)C)cc1. The maximum Gasteiger partial charge on any atom is 0.499 e. The Morgan fingerprint density at radius 3 is 1.87 bits per heavy atom. The predicted molar refractivity (Wildman–Crippen MR) is 252 cm³/mol. The van der Waals surface area contributed by atoms with Gasteiger partial charge in [0.2, 0.25) is 5.69 Å². The Balaban J connectivity index is 1.21. The average molecular weight is 804 g/mol. The van der Waals surface area contributed by atoms with Crippen molar-refractivity contribution in [3.63, 3.8) is 0 Å². The van der Waals surface area contributed by atoms with Gasteiger partial charge in [0, 0.05) is 28.8 Å². The molecule has 4 heteroatoms. The third-order valence-electron chi connectivity index (χ3n) is 13.6. The molecule has 4 nitrogen and oxygen atoms in total. The fourth-order valence-electron chi connectivity index (χ4n) is 10.5. The number of benzene rings is 7. The molecule has 0 saturated carbocycles. The predicted octanol–water partition coefficient (Wildman–Crippen LogP) is 13.3. The van der Waals surface area contributed by atoms with Crippen molar-refractivity contribution in [1.29, 1.82) is 0 Å². The zero-order valence-electron chi connectivity index (χ0n) is 36.4. The van der Waals surface area contributed by atoms with Gasteiger partial charge in [0.25, 0.3) is 0 Å². The minimum atomic E-state index is -1.02. The van der Waals surface area contributed by atoms with E-state index in [-0.39, 0.29) is 10.8 Å². The molecule has 7 aromatic carbocycles. The smallest absolute Gasteiger partial charge is 0.392 e. The summed E-state index contributed by atoms with van der Waals surface area (Å²) in [6.45, 7) is 16.1. The molecule has 1 spiro atoms. The zero-order valence-corrected chi connectivity index (χ0v) is 36.4. The number of imidazole rings is 1. The van der Waals surface area contributed by atoms with Crippen LogP contribution < -0.4 is 13.9 Å². The van der Waals surface area contributed by atoms with Gasteiger partial charge in [0.1, 0.15) is 22.6 Å². The number of nitrogens with zero attached hydrogens (tertiary/aromatic N) is 3. The number of aromatic nitrogens is 3. The van der Waals surface area contributed by atoms with Gasteiger partial charge in [0.15, 0.2) is 17.2 Å². The third kappa shape index (κ3) is 5.07. The number of aryl methyl sites for hydroxylation is 1. The molecule has 0 amide bonds. The van der Waals surface area contributed by atoms with Crippen molar-refractivity contribution in [2.75, 3.05) is 0 Å². The molecular weight excluding hydrogens is 755 g/mol. The molecule has 5 heterocycles. The first-order valence-electron chi connectivity index (χ1n) is 21.9. The van der Waals surface area contributed by atoms with Crippen LogP contribution in [0.15, 0.2) is 170 Å². The van der Waals surface area contributed by atoms with Gasteiger partial charge < -0.3 is 4.74 Å². The van der Waals surface area contributed by atoms with Crippen LogP contribution in [0.5, 0.6) is 5.75 Å². The van der Waals surface area contributed by atoms with Gasteiger partial charge in [-0.2, -0.15) is 4.57 Å². The summed E-state index contributed by atoms with van der Waals surface area (Å²) in [5.41, 5.74) is 21.5. The monoisotopic (exact) mass is 803 g/mol. The van der Waals surface area contributed by atoms with E-state index in [2.05, 4.69) is 232 Å². The molecule has 0 N–H and O–H groups in total. The number of hydrogen-bond donors (Lipinski definition) is 0. The van der Waals surface area contributed by atoms with Crippen LogP contribution in [0.3, 0.4) is 0 Å². The second-order valence-electron chi connectivity index (χ2n) is 19.5. The van der Waals surface area contributed by atoms with E-state index < -0.39 is 5.85 Å². The molecule has 0 fully saturated rings. The summed E-state index contributed by atoms with van der Waals surface area (Å²) in [6.07, 6.45) is 2.26. The Morgan fingerprint density at radius 2 is 1.15 bits per heavy atom. The number of ether oxygens (including phenoxy) is 1. The molecule has 1 unspecified atom stereocenters. The number of para-hydroxylation sites is 2. The molecular formula is C58H49N3O+2. The van der Waals surface area contributed by atoms with Crippen LogP contribution in [-0.4, -0.2) is 4.57 Å². The highest BCUT2D eigenvalue weighted by Gasteiger charge is 2.68. The molecule has 3 aliphatic rings. The van der Waals surface area contributed by atoms with E-state index in [1.54, 1.807) is 0 Å². The van der Waals surface area contributed by atoms with Crippen molar-refractivity contribution in [1.82, 2.24) is 4.57 Å². The Kier molecular flexibility index (Phi) is 7.56. The summed E-state index contributed by atoms with van der Waals surface area (Å²) in [5, 5.41) is 0. The molecule has 0 radical (unpaired) electrons. The highest BCUT2D eigenvalue weighted by molar-refractivity contribution is 5.99. The van der Waals surface area contributed by atoms with E-state index in [0.717, 1.165) is 39.6 Å². The van der Waals surface area contributed by atoms with E-state index in [1.165, 1.54) is 72.3 Å². The lowest BCUT2D eigenvalue weighted by Crippen LogP contribution is -2.78. The van der Waals surface area contributed by atoms with Crippen molar-refractivity contribution in [3.05, 3.63) is 192 Å². The normalized spacial score (nSPS) is 15.5. The molecule has 2 aromatic heterocycles. The van der Waals surface area contributed by atoms with Gasteiger partial charge in [-0.15, -0.1) is 9.13 Å². The quantitative estimate of drug-likeness (QED) is 0.162. The van der Waals surface area contributed by atoms with E-state index in [0.29, 0.717) is 0 Å². The van der Waals surface area contributed by atoms with E-state index >= 15 is 0 Å². The van der Waals surface area contributed by atoms with Crippen LogP contribution in [0.2, 0.25) is 0 Å². The Morgan fingerprint density at radius 1 is 0.500 bits per heavy atom. The van der Waals surface area contributed by atoms with Crippen molar-refractivity contribution in [2.45, 2.75) is 65.1 Å². The summed E-state index contributed by atoms with van der Waals surface area (Å²) >= 11 is 0. The highest BCUT2D eigenvalue weighted by atomic mass is 16.5. The first-order chi connectivity index (χ1) is 29.9. The van der Waals surface area contributed by atoms with Gasteiger partial charge in [0.05, 0.1) is 5.56 Å². The first-order valence-corrected chi connectivity index (χ1v) is 21.9. The fraction of sp³-hybridized carbons (Fsp3) is 0.172. The zero-order chi connectivity index (χ0) is 42.3. The topological polar surface area (TPSA) is 21.9 Å². The fourth-order valence-corrected chi connectivity index (χ4v) is 10.5. The molecule has 300 valence electrons. The largest absolute Gasteiger partial charge is 0.499 e. The van der Waals surface area contributed by atoms with Crippen LogP contribution >= 0.6 is 0 Å². The average Bonchev–Trinajstić information content (AvgIpc) is 3.77. The maximum atomic E-state index is 7.68. The second kappa shape index (κ2) is 12.7. The minimum absolute atomic E-state index is 0.0792. The number of fused-ring (bicyclic) bond motifs is 5. The van der Waals surface area contributed by atoms with E-state index in [9.17, 15) is 0 Å². The minimum Gasteiger partial charge on any atom is -0.392 e. The lowest BCUT2D eigenvalue weighted by Gasteiger charge is -2.33. The molecule has 1 atom stereocenters. The summed E-state index contributed by atoms with van der Waals surface area (Å²) in [5.74, 6) is 0.930. The molecule has 62 heavy (non-hydrogen) atoms. The van der Waals surface area contributed by atoms with Gasteiger partial charge in [-0.25, -0.2) is 0 Å². The van der Waals surface area contributed by atoms with Crippen LogP contribution in [0.4, 0.5) is 0 Å². The van der Waals surface area contributed by atoms with Crippen LogP contribution in [0.1, 0.15) is 63.8 Å². The number of rotatable bonds is 4. The van der Waals surface area contributed by atoms with E-state index in [1.807, 2.05) is 0 Å². The third-order valence-corrected chi connectivity index (χ3v) is 13.6. The van der Waals surface area contributed by atoms with Crippen molar-refractivity contribution in [2.24, 2.45) is 0 Å². The van der Waals surface area contributed by atoms with Gasteiger partial charge in [-0.3, -0.25) is 0 Å². The van der Waals surface area contributed by atoms with Crippen molar-refractivity contribution < 1.29 is 13.9 Å². The summed E-state index contributed by atoms with van der Waals surface area (Å²) in [6, 6.07) is 60.7. The number of hydrogen-bond acceptors (Lipinski definition) is 1. The highest BCUT2D eigenvalue weighted by Crippen LogP contribution is 2.54. The molecule has 0 bridgehead atoms. The lowest BCUT2D eigenvalue weighted by atomic mass is 9.80.